The molecule has 4 aromatic rings. The highest BCUT2D eigenvalue weighted by Crippen LogP contribution is 2.34. The summed E-state index contributed by atoms with van der Waals surface area (Å²) < 4.78 is 18.3. The number of carbonyl (C=O) groups is 1. The first-order valence-corrected chi connectivity index (χ1v) is 10.6. The highest BCUT2D eigenvalue weighted by Gasteiger charge is 2.18. The third-order valence-electron chi connectivity index (χ3n) is 4.87. The molecule has 0 saturated heterocycles. The van der Waals surface area contributed by atoms with E-state index in [1.165, 1.54) is 11.3 Å². The number of hydrogen-bond donors (Lipinski definition) is 1. The Morgan fingerprint density at radius 1 is 1.16 bits per heavy atom. The molecule has 0 fully saturated rings. The number of carbonyl (C=O) groups excluding carboxylic acids is 1. The molecule has 1 aliphatic rings. The van der Waals surface area contributed by atoms with Crippen LogP contribution in [0.25, 0.3) is 15.5 Å². The van der Waals surface area contributed by atoms with Crippen LogP contribution in [0.15, 0.2) is 36.4 Å². The monoisotopic (exact) mass is 437 g/mol. The molecule has 0 saturated carbocycles. The summed E-state index contributed by atoms with van der Waals surface area (Å²) in [5.74, 6) is 2.27. The zero-order valence-electron chi connectivity index (χ0n) is 16.9. The molecule has 3 heterocycles. The summed E-state index contributed by atoms with van der Waals surface area (Å²) in [4.78, 5) is 13.6. The van der Waals surface area contributed by atoms with Crippen molar-refractivity contribution in [3.8, 4) is 27.8 Å². The summed E-state index contributed by atoms with van der Waals surface area (Å²) in [5.41, 5.74) is 1.85. The molecule has 0 bridgehead atoms. The number of aryl methyl sites for hydroxylation is 1. The van der Waals surface area contributed by atoms with E-state index in [4.69, 9.17) is 14.2 Å². The lowest BCUT2D eigenvalue weighted by Crippen LogP contribution is -2.17. The quantitative estimate of drug-likeness (QED) is 0.510. The normalized spacial score (nSPS) is 12.7. The first-order valence-electron chi connectivity index (χ1n) is 9.77. The molecule has 0 atom stereocenters. The van der Waals surface area contributed by atoms with Crippen molar-refractivity contribution in [2.75, 3.05) is 25.6 Å². The minimum absolute atomic E-state index is 0.279. The molecule has 0 spiro atoms. The first-order chi connectivity index (χ1) is 15.2. The first kappa shape index (κ1) is 19.3. The molecular formula is C21H19N5O4S. The van der Waals surface area contributed by atoms with Gasteiger partial charge in [-0.15, -0.1) is 10.2 Å². The van der Waals surface area contributed by atoms with Gasteiger partial charge in [0.2, 0.25) is 4.96 Å². The van der Waals surface area contributed by atoms with E-state index < -0.39 is 0 Å². The molecule has 0 aliphatic carbocycles. The van der Waals surface area contributed by atoms with Crippen LogP contribution in [-0.2, 0) is 6.42 Å². The van der Waals surface area contributed by atoms with Crippen LogP contribution in [0.5, 0.6) is 17.2 Å². The lowest BCUT2D eigenvalue weighted by atomic mass is 10.1. The Morgan fingerprint density at radius 2 is 2.00 bits per heavy atom. The second-order valence-corrected chi connectivity index (χ2v) is 7.75. The summed E-state index contributed by atoms with van der Waals surface area (Å²) in [7, 11) is 1.56. The van der Waals surface area contributed by atoms with Crippen LogP contribution in [0, 0.1) is 0 Å². The number of methoxy groups -OCH3 is 1. The fraction of sp³-hybridized carbons (Fsp3) is 0.238. The van der Waals surface area contributed by atoms with Gasteiger partial charge in [-0.2, -0.15) is 9.61 Å². The van der Waals surface area contributed by atoms with Crippen LogP contribution < -0.4 is 19.5 Å². The van der Waals surface area contributed by atoms with Crippen LogP contribution in [0.1, 0.15) is 23.1 Å². The average Bonchev–Trinajstić information content (AvgIpc) is 3.39. The van der Waals surface area contributed by atoms with Crippen LogP contribution in [0.3, 0.4) is 0 Å². The van der Waals surface area contributed by atoms with Crippen molar-refractivity contribution in [2.24, 2.45) is 0 Å². The molecule has 0 radical (unpaired) electrons. The summed E-state index contributed by atoms with van der Waals surface area (Å²) in [6.45, 7) is 2.97. The summed E-state index contributed by atoms with van der Waals surface area (Å²) in [6, 6.07) is 10.7. The Balaban J connectivity index is 1.45. The van der Waals surface area contributed by atoms with Crippen LogP contribution in [-0.4, -0.2) is 46.0 Å². The molecule has 1 aliphatic heterocycles. The topological polar surface area (TPSA) is 99.9 Å². The lowest BCUT2D eigenvalue weighted by Gasteiger charge is -2.19. The number of nitrogens with zero attached hydrogens (tertiary/aromatic N) is 4. The van der Waals surface area contributed by atoms with Gasteiger partial charge in [-0.1, -0.05) is 18.3 Å². The fourth-order valence-electron chi connectivity index (χ4n) is 3.31. The van der Waals surface area contributed by atoms with Gasteiger partial charge in [-0.05, 0) is 36.4 Å². The minimum atomic E-state index is -0.279. The fourth-order valence-corrected chi connectivity index (χ4v) is 4.17. The Hall–Kier alpha value is -3.66. The van der Waals surface area contributed by atoms with Gasteiger partial charge < -0.3 is 19.5 Å². The molecule has 1 amide bonds. The number of hydrogen-bond acceptors (Lipinski definition) is 8. The second kappa shape index (κ2) is 7.88. The zero-order valence-corrected chi connectivity index (χ0v) is 17.7. The number of ether oxygens (including phenoxy) is 3. The number of rotatable bonds is 5. The molecule has 0 unspecified atom stereocenters. The maximum Gasteiger partial charge on any atom is 0.255 e. The molecule has 5 rings (SSSR count). The number of fused-ring (bicyclic) bond motifs is 2. The molecule has 2 aromatic heterocycles. The van der Waals surface area contributed by atoms with Crippen molar-refractivity contribution in [3.05, 3.63) is 47.8 Å². The molecule has 10 heteroatoms. The van der Waals surface area contributed by atoms with Crippen molar-refractivity contribution in [1.82, 2.24) is 19.8 Å². The summed E-state index contributed by atoms with van der Waals surface area (Å²) in [6.07, 6.45) is 0.740. The van der Waals surface area contributed by atoms with E-state index >= 15 is 0 Å². The molecule has 158 valence electrons. The Morgan fingerprint density at radius 3 is 2.81 bits per heavy atom. The van der Waals surface area contributed by atoms with Crippen molar-refractivity contribution in [1.29, 1.82) is 0 Å². The minimum Gasteiger partial charge on any atom is -0.495 e. The average molecular weight is 437 g/mol. The lowest BCUT2D eigenvalue weighted by molar-refractivity contribution is 0.102. The number of nitrogens with one attached hydrogen (secondary N) is 1. The molecule has 9 nitrogen and oxygen atoms in total. The van der Waals surface area contributed by atoms with Gasteiger partial charge in [0.25, 0.3) is 5.91 Å². The maximum absolute atomic E-state index is 12.9. The second-order valence-electron chi connectivity index (χ2n) is 6.80. The molecule has 31 heavy (non-hydrogen) atoms. The van der Waals surface area contributed by atoms with Crippen LogP contribution in [0.2, 0.25) is 0 Å². The van der Waals surface area contributed by atoms with Gasteiger partial charge >= 0.3 is 0 Å². The SMILES string of the molecule is CCc1nnc2sc(-c3ccc(OC)c(NC(=O)c4ccc5c(c4)OCCO5)c3)nn12. The maximum atomic E-state index is 12.9. The van der Waals surface area contributed by atoms with Crippen molar-refractivity contribution in [3.63, 3.8) is 0 Å². The third-order valence-corrected chi connectivity index (χ3v) is 5.82. The van der Waals surface area contributed by atoms with Gasteiger partial charge in [0.1, 0.15) is 24.0 Å². The molecule has 1 N–H and O–H groups in total. The predicted molar refractivity (Wildman–Crippen MR) is 115 cm³/mol. The zero-order chi connectivity index (χ0) is 21.4. The van der Waals surface area contributed by atoms with Gasteiger partial charge in [-0.25, -0.2) is 0 Å². The largest absolute Gasteiger partial charge is 0.495 e. The van der Waals surface area contributed by atoms with E-state index in [0.717, 1.165) is 27.8 Å². The van der Waals surface area contributed by atoms with E-state index in [2.05, 4.69) is 20.6 Å². The smallest absolute Gasteiger partial charge is 0.255 e. The van der Waals surface area contributed by atoms with Crippen molar-refractivity contribution in [2.45, 2.75) is 13.3 Å². The van der Waals surface area contributed by atoms with E-state index in [-0.39, 0.29) is 5.91 Å². The third kappa shape index (κ3) is 3.55. The van der Waals surface area contributed by atoms with Crippen molar-refractivity contribution < 1.29 is 19.0 Å². The van der Waals surface area contributed by atoms with E-state index in [9.17, 15) is 4.79 Å². The van der Waals surface area contributed by atoms with Crippen molar-refractivity contribution >= 4 is 27.9 Å². The highest BCUT2D eigenvalue weighted by molar-refractivity contribution is 7.19. The Kier molecular flexibility index (Phi) is 4.91. The van der Waals surface area contributed by atoms with Crippen LogP contribution >= 0.6 is 11.3 Å². The molecule has 2 aromatic carbocycles. The van der Waals surface area contributed by atoms with Gasteiger partial charge in [0, 0.05) is 17.5 Å². The van der Waals surface area contributed by atoms with E-state index in [1.807, 2.05) is 19.1 Å². The van der Waals surface area contributed by atoms with Gasteiger partial charge in [-0.3, -0.25) is 4.79 Å². The summed E-state index contributed by atoms with van der Waals surface area (Å²) in [5, 5.41) is 16.6. The van der Waals surface area contributed by atoms with Crippen LogP contribution in [0.4, 0.5) is 5.69 Å². The number of anilines is 1. The Bertz CT molecular complexity index is 1280. The number of benzene rings is 2. The Labute approximate surface area is 181 Å². The van der Waals surface area contributed by atoms with E-state index in [1.54, 1.807) is 35.9 Å². The van der Waals surface area contributed by atoms with Gasteiger partial charge in [0.05, 0.1) is 12.8 Å². The summed E-state index contributed by atoms with van der Waals surface area (Å²) >= 11 is 1.43. The van der Waals surface area contributed by atoms with Gasteiger partial charge in [0.15, 0.2) is 17.3 Å². The predicted octanol–water partition coefficient (Wildman–Crippen LogP) is 3.45. The number of amides is 1. The number of aromatic nitrogens is 4. The highest BCUT2D eigenvalue weighted by atomic mass is 32.1. The van der Waals surface area contributed by atoms with E-state index in [0.29, 0.717) is 41.7 Å². The molecular weight excluding hydrogens is 418 g/mol. The standard InChI is InChI=1S/C21H19N5O4S/c1-3-18-23-24-21-26(18)25-20(31-21)13-5-6-15(28-2)14(10-13)22-19(27)12-4-7-16-17(11-12)30-9-8-29-16/h4-7,10-11H,3,8-9H2,1-2H3,(H,22,27).